The molecule has 0 unspecified atom stereocenters. The molecule has 4 rings (SSSR count). The van der Waals surface area contributed by atoms with Crippen molar-refractivity contribution < 1.29 is 33.7 Å². The van der Waals surface area contributed by atoms with E-state index in [2.05, 4.69) is 5.32 Å². The number of nitrogens with one attached hydrogen (secondary N) is 1. The smallest absolute Gasteiger partial charge is 0.410 e. The molecule has 2 aromatic carbocycles. The van der Waals surface area contributed by atoms with E-state index in [0.29, 0.717) is 22.8 Å². The Morgan fingerprint density at radius 2 is 1.74 bits per heavy atom. The van der Waals surface area contributed by atoms with Crippen molar-refractivity contribution in [2.75, 3.05) is 14.2 Å². The third kappa shape index (κ3) is 6.18. The molecule has 2 N–H and O–H groups in total. The summed E-state index contributed by atoms with van der Waals surface area (Å²) in [5.41, 5.74) is 0.639. The topological polar surface area (TPSA) is 114 Å². The van der Waals surface area contributed by atoms with Crippen LogP contribution in [0.2, 0.25) is 0 Å². The van der Waals surface area contributed by atoms with Crippen molar-refractivity contribution in [1.82, 2.24) is 10.2 Å². The van der Waals surface area contributed by atoms with E-state index >= 15 is 0 Å². The molecule has 0 aromatic heterocycles. The van der Waals surface area contributed by atoms with Gasteiger partial charge in [0.1, 0.15) is 23.4 Å². The normalized spacial score (nSPS) is 18.2. The Bertz CT molecular complexity index is 1060. The zero-order chi connectivity index (χ0) is 25.0. The van der Waals surface area contributed by atoms with Gasteiger partial charge in [0.15, 0.2) is 11.5 Å². The van der Waals surface area contributed by atoms with Crippen LogP contribution in [0.3, 0.4) is 0 Å². The number of ether oxygens (including phenoxy) is 3. The molecular formula is C25H30N2O7. The predicted octanol–water partition coefficient (Wildman–Crippen LogP) is 3.39. The number of aliphatic carboxylic acids is 1. The van der Waals surface area contributed by atoms with Crippen molar-refractivity contribution in [3.63, 3.8) is 0 Å². The highest BCUT2D eigenvalue weighted by Gasteiger charge is 2.33. The van der Waals surface area contributed by atoms with Gasteiger partial charge in [0, 0.05) is 19.9 Å². The first-order chi connectivity index (χ1) is 16.0. The Labute approximate surface area is 198 Å². The minimum Gasteiger partial charge on any atom is -0.493 e. The number of likely N-dealkylation sites (N-methyl/N-ethyl adjacent to an activating group) is 1. The van der Waals surface area contributed by atoms with Gasteiger partial charge in [0.05, 0.1) is 7.11 Å². The summed E-state index contributed by atoms with van der Waals surface area (Å²) >= 11 is 0. The number of amides is 2. The summed E-state index contributed by atoms with van der Waals surface area (Å²) in [7, 11) is 2.98. The molecule has 2 aliphatic rings. The average molecular weight is 471 g/mol. The number of fused-ring (bicyclic) bond motifs is 7. The molecule has 2 aromatic rings. The largest absolute Gasteiger partial charge is 0.493 e. The van der Waals surface area contributed by atoms with Crippen LogP contribution >= 0.6 is 0 Å². The second-order valence-electron chi connectivity index (χ2n) is 9.15. The lowest BCUT2D eigenvalue weighted by Gasteiger charge is -2.31. The van der Waals surface area contributed by atoms with Crippen LogP contribution < -0.4 is 14.8 Å². The molecule has 0 saturated heterocycles. The number of hydrogen-bond acceptors (Lipinski definition) is 6. The number of carboxylic acid groups (broad SMARTS) is 1. The highest BCUT2D eigenvalue weighted by Crippen LogP contribution is 2.33. The Morgan fingerprint density at radius 3 is 2.32 bits per heavy atom. The lowest BCUT2D eigenvalue weighted by molar-refractivity contribution is -0.142. The molecule has 9 nitrogen and oxygen atoms in total. The Kier molecular flexibility index (Phi) is 7.34. The van der Waals surface area contributed by atoms with Gasteiger partial charge in [-0.25, -0.2) is 9.59 Å². The molecule has 0 fully saturated rings. The first-order valence-electron chi connectivity index (χ1n) is 10.9. The van der Waals surface area contributed by atoms with E-state index in [4.69, 9.17) is 14.2 Å². The number of benzene rings is 2. The number of nitrogens with zero attached hydrogens (tertiary/aromatic N) is 1. The third-order valence-corrected chi connectivity index (χ3v) is 5.31. The number of carbonyl (C=O) groups is 3. The van der Waals surface area contributed by atoms with E-state index in [1.165, 1.54) is 19.1 Å². The fourth-order valence-electron chi connectivity index (χ4n) is 3.54. The Hall–Kier alpha value is -3.75. The van der Waals surface area contributed by atoms with Crippen LogP contribution in [0.1, 0.15) is 31.9 Å². The van der Waals surface area contributed by atoms with E-state index in [9.17, 15) is 19.5 Å². The first kappa shape index (κ1) is 24.9. The molecule has 0 radical (unpaired) electrons. The van der Waals surface area contributed by atoms with Gasteiger partial charge >= 0.3 is 12.1 Å². The molecule has 34 heavy (non-hydrogen) atoms. The number of carboxylic acids is 1. The molecule has 0 spiro atoms. The van der Waals surface area contributed by atoms with Crippen LogP contribution in [0.15, 0.2) is 42.5 Å². The molecule has 2 aliphatic heterocycles. The summed E-state index contributed by atoms with van der Waals surface area (Å²) in [5.74, 6) is -0.308. The quantitative estimate of drug-likeness (QED) is 0.707. The third-order valence-electron chi connectivity index (χ3n) is 5.31. The monoisotopic (exact) mass is 470 g/mol. The van der Waals surface area contributed by atoms with E-state index in [1.54, 1.807) is 63.2 Å². The van der Waals surface area contributed by atoms with Gasteiger partial charge in [0.25, 0.3) is 0 Å². The van der Waals surface area contributed by atoms with Gasteiger partial charge in [-0.05, 0) is 56.2 Å². The number of carbonyl (C=O) groups excluding carboxylic acids is 2. The van der Waals surface area contributed by atoms with Crippen molar-refractivity contribution in [1.29, 1.82) is 0 Å². The molecule has 2 heterocycles. The van der Waals surface area contributed by atoms with Gasteiger partial charge < -0.3 is 24.6 Å². The second kappa shape index (κ2) is 10.0. The van der Waals surface area contributed by atoms with Crippen LogP contribution in [0.5, 0.6) is 17.2 Å². The molecule has 2 amide bonds. The van der Waals surface area contributed by atoms with E-state index in [-0.39, 0.29) is 12.8 Å². The van der Waals surface area contributed by atoms with Crippen molar-refractivity contribution in [3.8, 4) is 17.2 Å². The van der Waals surface area contributed by atoms with Gasteiger partial charge in [-0.1, -0.05) is 18.2 Å². The van der Waals surface area contributed by atoms with E-state index in [0.717, 1.165) is 5.56 Å². The summed E-state index contributed by atoms with van der Waals surface area (Å²) in [6, 6.07) is 9.98. The van der Waals surface area contributed by atoms with Crippen LogP contribution in [-0.4, -0.2) is 59.8 Å². The predicted molar refractivity (Wildman–Crippen MR) is 124 cm³/mol. The zero-order valence-electron chi connectivity index (χ0n) is 20.0. The fraction of sp³-hybridized carbons (Fsp3) is 0.400. The van der Waals surface area contributed by atoms with Gasteiger partial charge in [-0.15, -0.1) is 0 Å². The standard InChI is InChI=1S/C25H30N2O7/c1-25(2,3)34-24(31)27(4)19-13-15-6-9-17(10-7-15)33-21-14-16(8-11-20(21)32-5)12-18(23(29)30)26-22(19)28/h6-11,14,18-19H,12-13H2,1-5H3,(H,26,28)(H,29,30)/t18-,19-/m0/s1. The highest BCUT2D eigenvalue weighted by atomic mass is 16.6. The summed E-state index contributed by atoms with van der Waals surface area (Å²) in [6.45, 7) is 5.19. The zero-order valence-corrected chi connectivity index (χ0v) is 20.0. The summed E-state index contributed by atoms with van der Waals surface area (Å²) in [4.78, 5) is 39.1. The first-order valence-corrected chi connectivity index (χ1v) is 10.9. The van der Waals surface area contributed by atoms with Gasteiger partial charge in [0.2, 0.25) is 5.91 Å². The molecule has 9 heteroatoms. The van der Waals surface area contributed by atoms with E-state index < -0.39 is 35.7 Å². The van der Waals surface area contributed by atoms with Crippen molar-refractivity contribution in [2.24, 2.45) is 0 Å². The maximum absolute atomic E-state index is 13.3. The molecular weight excluding hydrogens is 440 g/mol. The Morgan fingerprint density at radius 1 is 1.09 bits per heavy atom. The van der Waals surface area contributed by atoms with E-state index in [1.807, 2.05) is 0 Å². The van der Waals surface area contributed by atoms with Crippen LogP contribution in [0, 0.1) is 0 Å². The maximum atomic E-state index is 13.3. The number of rotatable bonds is 3. The summed E-state index contributed by atoms with van der Waals surface area (Å²) in [6.07, 6.45) is -0.509. The maximum Gasteiger partial charge on any atom is 0.410 e. The van der Waals surface area contributed by atoms with Crippen molar-refractivity contribution >= 4 is 18.0 Å². The number of hydrogen-bond donors (Lipinski definition) is 2. The van der Waals surface area contributed by atoms with Gasteiger partial charge in [-0.2, -0.15) is 0 Å². The van der Waals surface area contributed by atoms with Crippen molar-refractivity contribution in [2.45, 2.75) is 51.3 Å². The average Bonchev–Trinajstić information content (AvgIpc) is 2.76. The number of methoxy groups -OCH3 is 1. The summed E-state index contributed by atoms with van der Waals surface area (Å²) in [5, 5.41) is 12.4. The molecule has 0 saturated carbocycles. The fourth-order valence-corrected chi connectivity index (χ4v) is 3.54. The Balaban J connectivity index is 2.01. The molecule has 0 aliphatic carbocycles. The lowest BCUT2D eigenvalue weighted by Crippen LogP contribution is -2.54. The minimum absolute atomic E-state index is 0.0158. The highest BCUT2D eigenvalue weighted by molar-refractivity contribution is 5.89. The van der Waals surface area contributed by atoms with Crippen LogP contribution in [0.25, 0.3) is 0 Å². The SMILES string of the molecule is COc1ccc2cc1Oc1ccc(cc1)C[C@H](N(C)C(=O)OC(C)(C)C)C(=O)N[C@H](C(=O)O)C2. The van der Waals surface area contributed by atoms with Crippen LogP contribution in [-0.2, 0) is 27.2 Å². The molecule has 4 bridgehead atoms. The molecule has 2 atom stereocenters. The van der Waals surface area contributed by atoms with Crippen LogP contribution in [0.4, 0.5) is 4.79 Å². The second-order valence-corrected chi connectivity index (χ2v) is 9.15. The molecule has 182 valence electrons. The van der Waals surface area contributed by atoms with Crippen molar-refractivity contribution in [3.05, 3.63) is 53.6 Å². The van der Waals surface area contributed by atoms with Gasteiger partial charge in [-0.3, -0.25) is 9.69 Å². The lowest BCUT2D eigenvalue weighted by atomic mass is 10.0. The summed E-state index contributed by atoms with van der Waals surface area (Å²) < 4.78 is 16.8. The minimum atomic E-state index is -1.22.